The Kier molecular flexibility index (Phi) is 5.86. The summed E-state index contributed by atoms with van der Waals surface area (Å²) in [7, 11) is -3.26. The van der Waals surface area contributed by atoms with Crippen molar-refractivity contribution in [2.45, 2.75) is 45.2 Å². The van der Waals surface area contributed by atoms with Crippen molar-refractivity contribution in [3.05, 3.63) is 0 Å². The zero-order valence-electron chi connectivity index (χ0n) is 11.1. The van der Waals surface area contributed by atoms with E-state index < -0.39 is 10.2 Å². The van der Waals surface area contributed by atoms with Crippen LogP contribution in [0.1, 0.15) is 33.1 Å². The maximum absolute atomic E-state index is 12.6. The molecule has 0 radical (unpaired) electrons. The highest BCUT2D eigenvalue weighted by molar-refractivity contribution is 7.86. The van der Waals surface area contributed by atoms with Gasteiger partial charge < -0.3 is 5.32 Å². The van der Waals surface area contributed by atoms with E-state index in [9.17, 15) is 8.42 Å². The Morgan fingerprint density at radius 3 is 2.33 bits per heavy atom. The number of hydrogen-bond acceptors (Lipinski definition) is 3. The van der Waals surface area contributed by atoms with Crippen LogP contribution in [0.3, 0.4) is 0 Å². The molecule has 18 heavy (non-hydrogen) atoms. The van der Waals surface area contributed by atoms with E-state index in [2.05, 4.69) is 5.32 Å². The first-order valence-corrected chi connectivity index (χ1v) is 7.92. The first-order valence-electron chi connectivity index (χ1n) is 6.53. The topological polar surface area (TPSA) is 52.7 Å². The summed E-state index contributed by atoms with van der Waals surface area (Å²) in [6.07, 6.45) is 3.12. The summed E-state index contributed by atoms with van der Waals surface area (Å²) < 4.78 is 28.5. The molecule has 5 nitrogen and oxygen atoms in total. The van der Waals surface area contributed by atoms with Gasteiger partial charge in [0, 0.05) is 38.3 Å². The predicted octanol–water partition coefficient (Wildman–Crippen LogP) is 0.821. The van der Waals surface area contributed by atoms with Gasteiger partial charge in [0.25, 0.3) is 10.2 Å². The van der Waals surface area contributed by atoms with Crippen molar-refractivity contribution in [1.82, 2.24) is 13.9 Å². The van der Waals surface area contributed by atoms with Gasteiger partial charge in [-0.1, -0.05) is 6.42 Å². The highest BCUT2D eigenvalue weighted by Crippen LogP contribution is 2.23. The van der Waals surface area contributed by atoms with Gasteiger partial charge in [-0.2, -0.15) is 17.0 Å². The second kappa shape index (κ2) is 6.52. The molecule has 1 N–H and O–H groups in total. The summed E-state index contributed by atoms with van der Waals surface area (Å²) in [5.41, 5.74) is 0. The van der Waals surface area contributed by atoms with Gasteiger partial charge in [-0.25, -0.2) is 0 Å². The number of piperazine rings is 1. The molecule has 2 rings (SSSR count). The van der Waals surface area contributed by atoms with Gasteiger partial charge in [-0.05, 0) is 26.7 Å². The molecule has 0 saturated carbocycles. The van der Waals surface area contributed by atoms with Crippen molar-refractivity contribution >= 4 is 22.6 Å². The molecule has 0 amide bonds. The Labute approximate surface area is 116 Å². The van der Waals surface area contributed by atoms with Gasteiger partial charge in [-0.3, -0.25) is 0 Å². The van der Waals surface area contributed by atoms with Crippen molar-refractivity contribution in [3.63, 3.8) is 0 Å². The van der Waals surface area contributed by atoms with Crippen LogP contribution in [0.2, 0.25) is 0 Å². The van der Waals surface area contributed by atoms with E-state index >= 15 is 0 Å². The third-order valence-electron chi connectivity index (χ3n) is 3.78. The lowest BCUT2D eigenvalue weighted by Crippen LogP contribution is -2.58. The average molecular weight is 298 g/mol. The Morgan fingerprint density at radius 2 is 1.72 bits per heavy atom. The van der Waals surface area contributed by atoms with Crippen molar-refractivity contribution < 1.29 is 8.42 Å². The number of nitrogens with zero attached hydrogens (tertiary/aromatic N) is 2. The van der Waals surface area contributed by atoms with Crippen LogP contribution in [0.25, 0.3) is 0 Å². The third-order valence-corrected chi connectivity index (χ3v) is 6.05. The molecule has 0 aromatic carbocycles. The molecule has 1 unspecified atom stereocenters. The Balaban J connectivity index is 0.00000162. The Bertz CT molecular complexity index is 335. The smallest absolute Gasteiger partial charge is 0.282 e. The van der Waals surface area contributed by atoms with Crippen LogP contribution >= 0.6 is 12.4 Å². The molecule has 2 fully saturated rings. The molecular formula is C11H24ClN3O2S. The summed E-state index contributed by atoms with van der Waals surface area (Å²) in [4.78, 5) is 0. The lowest BCUT2D eigenvalue weighted by molar-refractivity contribution is 0.216. The Hall–Kier alpha value is 0.120. The zero-order valence-corrected chi connectivity index (χ0v) is 12.8. The minimum Gasteiger partial charge on any atom is -0.314 e. The van der Waals surface area contributed by atoms with Gasteiger partial charge in [0.2, 0.25) is 0 Å². The SMILES string of the molecule is CC1CCCCN1S(=O)(=O)N1CCNC[C@H]1C.Cl. The molecule has 0 spiro atoms. The number of piperidine rings is 1. The number of rotatable bonds is 2. The van der Waals surface area contributed by atoms with Crippen LogP contribution in [0.15, 0.2) is 0 Å². The summed E-state index contributed by atoms with van der Waals surface area (Å²) in [5.74, 6) is 0. The third kappa shape index (κ3) is 3.17. The van der Waals surface area contributed by atoms with Crippen molar-refractivity contribution in [2.75, 3.05) is 26.2 Å². The van der Waals surface area contributed by atoms with E-state index in [1.807, 2.05) is 13.8 Å². The number of nitrogens with one attached hydrogen (secondary N) is 1. The van der Waals surface area contributed by atoms with Gasteiger partial charge in [-0.15, -0.1) is 12.4 Å². The average Bonchev–Trinajstić information content (AvgIpc) is 2.29. The largest absolute Gasteiger partial charge is 0.314 e. The lowest BCUT2D eigenvalue weighted by Gasteiger charge is -2.40. The van der Waals surface area contributed by atoms with E-state index in [0.29, 0.717) is 13.1 Å². The highest BCUT2D eigenvalue weighted by atomic mass is 35.5. The molecule has 0 aliphatic carbocycles. The normalized spacial score (nSPS) is 31.9. The van der Waals surface area contributed by atoms with Gasteiger partial charge >= 0.3 is 0 Å². The van der Waals surface area contributed by atoms with Crippen molar-refractivity contribution in [2.24, 2.45) is 0 Å². The molecule has 7 heteroatoms. The summed E-state index contributed by atoms with van der Waals surface area (Å²) in [6.45, 7) is 6.77. The van der Waals surface area contributed by atoms with Gasteiger partial charge in [0.1, 0.15) is 0 Å². The van der Waals surface area contributed by atoms with E-state index in [4.69, 9.17) is 0 Å². The number of hydrogen-bond donors (Lipinski definition) is 1. The molecule has 0 aromatic heterocycles. The van der Waals surface area contributed by atoms with Crippen LogP contribution < -0.4 is 5.32 Å². The van der Waals surface area contributed by atoms with E-state index in [0.717, 1.165) is 32.4 Å². The predicted molar refractivity (Wildman–Crippen MR) is 75.2 cm³/mol. The molecule has 0 aromatic rings. The molecule has 108 valence electrons. The van der Waals surface area contributed by atoms with Crippen LogP contribution in [-0.2, 0) is 10.2 Å². The van der Waals surface area contributed by atoms with Crippen LogP contribution in [0.4, 0.5) is 0 Å². The molecule has 2 atom stereocenters. The van der Waals surface area contributed by atoms with Crippen LogP contribution in [0.5, 0.6) is 0 Å². The summed E-state index contributed by atoms with van der Waals surface area (Å²) in [5, 5.41) is 3.23. The van der Waals surface area contributed by atoms with E-state index in [1.165, 1.54) is 0 Å². The minimum absolute atomic E-state index is 0. The quantitative estimate of drug-likeness (QED) is 0.821. The Morgan fingerprint density at radius 1 is 1.06 bits per heavy atom. The summed E-state index contributed by atoms with van der Waals surface area (Å²) in [6, 6.07) is 0.207. The van der Waals surface area contributed by atoms with Crippen LogP contribution in [-0.4, -0.2) is 55.3 Å². The van der Waals surface area contributed by atoms with Crippen LogP contribution in [0, 0.1) is 0 Å². The fourth-order valence-electron chi connectivity index (χ4n) is 2.71. The van der Waals surface area contributed by atoms with Crippen molar-refractivity contribution in [1.29, 1.82) is 0 Å². The highest BCUT2D eigenvalue weighted by Gasteiger charge is 2.37. The van der Waals surface area contributed by atoms with Gasteiger partial charge in [0.15, 0.2) is 0 Å². The standard InChI is InChI=1S/C11H23N3O2S.ClH/c1-10-5-3-4-7-13(10)17(15,16)14-8-6-12-9-11(14)2;/h10-12H,3-9H2,1-2H3;1H/t10?,11-;/m1./s1. The first kappa shape index (κ1) is 16.2. The molecule has 2 saturated heterocycles. The van der Waals surface area contributed by atoms with Crippen molar-refractivity contribution in [3.8, 4) is 0 Å². The lowest BCUT2D eigenvalue weighted by atomic mass is 10.1. The molecule has 2 aliphatic rings. The molecule has 0 bridgehead atoms. The molecular weight excluding hydrogens is 274 g/mol. The first-order chi connectivity index (χ1) is 8.03. The second-order valence-electron chi connectivity index (χ2n) is 5.13. The maximum Gasteiger partial charge on any atom is 0.282 e. The molecule has 2 heterocycles. The summed E-state index contributed by atoms with van der Waals surface area (Å²) >= 11 is 0. The van der Waals surface area contributed by atoms with E-state index in [-0.39, 0.29) is 24.5 Å². The fourth-order valence-corrected chi connectivity index (χ4v) is 4.76. The van der Waals surface area contributed by atoms with E-state index in [1.54, 1.807) is 8.61 Å². The second-order valence-corrected chi connectivity index (χ2v) is 6.96. The maximum atomic E-state index is 12.6. The monoisotopic (exact) mass is 297 g/mol. The fraction of sp³-hybridized carbons (Fsp3) is 1.00. The van der Waals surface area contributed by atoms with Gasteiger partial charge in [0.05, 0.1) is 0 Å². The zero-order chi connectivity index (χ0) is 12.5. The number of halogens is 1. The molecule has 2 aliphatic heterocycles. The minimum atomic E-state index is -3.26.